The first-order valence-corrected chi connectivity index (χ1v) is 6.66. The highest BCUT2D eigenvalue weighted by Crippen LogP contribution is 2.09. The predicted molar refractivity (Wildman–Crippen MR) is 80.5 cm³/mol. The van der Waals surface area contributed by atoms with Gasteiger partial charge in [0.15, 0.2) is 0 Å². The van der Waals surface area contributed by atoms with Crippen molar-refractivity contribution < 1.29 is 9.53 Å². The molecule has 0 aromatic heterocycles. The number of likely N-dealkylation sites (N-methyl/N-ethyl adjacent to an activating group) is 1. The lowest BCUT2D eigenvalue weighted by molar-refractivity contribution is -0.117. The topological polar surface area (TPSA) is 41.6 Å². The summed E-state index contributed by atoms with van der Waals surface area (Å²) < 4.78 is 4.95. The minimum Gasteiger partial charge on any atom is -0.383 e. The van der Waals surface area contributed by atoms with E-state index in [9.17, 15) is 4.79 Å². The molecule has 0 heterocycles. The maximum atomic E-state index is 11.7. The van der Waals surface area contributed by atoms with Gasteiger partial charge in [0.25, 0.3) is 0 Å². The molecule has 1 rings (SSSR count). The minimum atomic E-state index is -0.00537. The Balaban J connectivity index is 0.00000154. The first-order valence-electron chi connectivity index (χ1n) is 6.66. The zero-order chi connectivity index (χ0) is 14.7. The standard InChI is InChI=1S/C13H20N2O2.C2H6/c1-11-5-4-6-12(9-11)14-13(16)10-15(2)7-8-17-3;1-2/h4-6,9H,7-8,10H2,1-3H3,(H,14,16);1-2H3. The van der Waals surface area contributed by atoms with E-state index >= 15 is 0 Å². The molecule has 0 aliphatic heterocycles. The van der Waals surface area contributed by atoms with Crippen molar-refractivity contribution in [3.8, 4) is 0 Å². The highest BCUT2D eigenvalue weighted by Gasteiger charge is 2.06. The maximum absolute atomic E-state index is 11.7. The summed E-state index contributed by atoms with van der Waals surface area (Å²) in [6.45, 7) is 7.75. The second-order valence-electron chi connectivity index (χ2n) is 4.15. The number of rotatable bonds is 6. The fourth-order valence-electron chi connectivity index (χ4n) is 1.49. The van der Waals surface area contributed by atoms with Crippen LogP contribution >= 0.6 is 0 Å². The molecule has 108 valence electrons. The van der Waals surface area contributed by atoms with E-state index in [0.29, 0.717) is 13.2 Å². The Morgan fingerprint density at radius 3 is 2.63 bits per heavy atom. The van der Waals surface area contributed by atoms with Crippen LogP contribution in [0, 0.1) is 6.92 Å². The van der Waals surface area contributed by atoms with E-state index in [-0.39, 0.29) is 5.91 Å². The molecule has 0 spiro atoms. The summed E-state index contributed by atoms with van der Waals surface area (Å²) in [7, 11) is 3.55. The van der Waals surface area contributed by atoms with Crippen LogP contribution in [0.15, 0.2) is 24.3 Å². The number of benzene rings is 1. The molecule has 0 fully saturated rings. The van der Waals surface area contributed by atoms with Crippen LogP contribution in [0.1, 0.15) is 19.4 Å². The summed E-state index contributed by atoms with van der Waals surface area (Å²) >= 11 is 0. The number of methoxy groups -OCH3 is 1. The van der Waals surface area contributed by atoms with Gasteiger partial charge >= 0.3 is 0 Å². The van der Waals surface area contributed by atoms with Gasteiger partial charge in [-0.2, -0.15) is 0 Å². The molecule has 1 aromatic rings. The highest BCUT2D eigenvalue weighted by molar-refractivity contribution is 5.92. The van der Waals surface area contributed by atoms with Crippen molar-refractivity contribution in [3.63, 3.8) is 0 Å². The molecule has 1 amide bonds. The lowest BCUT2D eigenvalue weighted by Crippen LogP contribution is -2.32. The van der Waals surface area contributed by atoms with Gasteiger partial charge in [-0.25, -0.2) is 0 Å². The fraction of sp³-hybridized carbons (Fsp3) is 0.533. The Labute approximate surface area is 116 Å². The highest BCUT2D eigenvalue weighted by atomic mass is 16.5. The summed E-state index contributed by atoms with van der Waals surface area (Å²) in [5, 5.41) is 2.87. The SMILES string of the molecule is CC.COCCN(C)CC(=O)Nc1cccc(C)c1. The maximum Gasteiger partial charge on any atom is 0.238 e. The summed E-state index contributed by atoms with van der Waals surface area (Å²) in [5.41, 5.74) is 1.98. The van der Waals surface area contributed by atoms with Gasteiger partial charge in [0.2, 0.25) is 5.91 Å². The number of aryl methyl sites for hydroxylation is 1. The van der Waals surface area contributed by atoms with E-state index in [1.54, 1.807) is 7.11 Å². The molecule has 0 aliphatic rings. The summed E-state index contributed by atoms with van der Waals surface area (Å²) in [6, 6.07) is 7.77. The second kappa shape index (κ2) is 10.5. The van der Waals surface area contributed by atoms with Crippen molar-refractivity contribution in [3.05, 3.63) is 29.8 Å². The third-order valence-electron chi connectivity index (χ3n) is 2.39. The van der Waals surface area contributed by atoms with Gasteiger partial charge in [0, 0.05) is 19.3 Å². The smallest absolute Gasteiger partial charge is 0.238 e. The number of anilines is 1. The van der Waals surface area contributed by atoms with Crippen LogP contribution in [0.2, 0.25) is 0 Å². The van der Waals surface area contributed by atoms with Gasteiger partial charge in [-0.3, -0.25) is 9.69 Å². The number of amides is 1. The summed E-state index contributed by atoms with van der Waals surface area (Å²) in [5.74, 6) is -0.00537. The van der Waals surface area contributed by atoms with E-state index < -0.39 is 0 Å². The van der Waals surface area contributed by atoms with Crippen LogP contribution in [-0.4, -0.2) is 44.7 Å². The molecule has 0 bridgehead atoms. The third kappa shape index (κ3) is 8.35. The zero-order valence-electron chi connectivity index (χ0n) is 12.7. The fourth-order valence-corrected chi connectivity index (χ4v) is 1.49. The lowest BCUT2D eigenvalue weighted by atomic mass is 10.2. The number of hydrogen-bond acceptors (Lipinski definition) is 3. The molecule has 4 nitrogen and oxygen atoms in total. The molecule has 1 N–H and O–H groups in total. The van der Waals surface area contributed by atoms with Gasteiger partial charge in [-0.05, 0) is 31.7 Å². The monoisotopic (exact) mass is 266 g/mol. The van der Waals surface area contributed by atoms with Crippen LogP contribution in [0.3, 0.4) is 0 Å². The largest absolute Gasteiger partial charge is 0.383 e. The normalized spacial score (nSPS) is 9.79. The van der Waals surface area contributed by atoms with Gasteiger partial charge in [0.05, 0.1) is 13.2 Å². The second-order valence-corrected chi connectivity index (χ2v) is 4.15. The molecule has 0 unspecified atom stereocenters. The van der Waals surface area contributed by atoms with Crippen molar-refractivity contribution in [1.29, 1.82) is 0 Å². The van der Waals surface area contributed by atoms with E-state index in [4.69, 9.17) is 4.74 Å². The van der Waals surface area contributed by atoms with Crippen LogP contribution in [0.4, 0.5) is 5.69 Å². The molecule has 0 atom stereocenters. The lowest BCUT2D eigenvalue weighted by Gasteiger charge is -2.15. The Kier molecular flexibility index (Phi) is 9.75. The zero-order valence-corrected chi connectivity index (χ0v) is 12.7. The number of carbonyl (C=O) groups is 1. The number of ether oxygens (including phenoxy) is 1. The third-order valence-corrected chi connectivity index (χ3v) is 2.39. The average molecular weight is 266 g/mol. The van der Waals surface area contributed by atoms with E-state index in [1.807, 2.05) is 57.0 Å². The molecular formula is C15H26N2O2. The van der Waals surface area contributed by atoms with Crippen LogP contribution in [0.5, 0.6) is 0 Å². The van der Waals surface area contributed by atoms with Crippen molar-refractivity contribution in [1.82, 2.24) is 4.90 Å². The van der Waals surface area contributed by atoms with Crippen LogP contribution in [0.25, 0.3) is 0 Å². The first-order chi connectivity index (χ1) is 9.11. The molecule has 1 aromatic carbocycles. The molecule has 19 heavy (non-hydrogen) atoms. The summed E-state index contributed by atoms with van der Waals surface area (Å²) in [6.07, 6.45) is 0. The Bertz CT molecular complexity index is 367. The van der Waals surface area contributed by atoms with E-state index in [1.165, 1.54) is 0 Å². The van der Waals surface area contributed by atoms with Crippen molar-refractivity contribution in [2.75, 3.05) is 39.2 Å². The van der Waals surface area contributed by atoms with Gasteiger partial charge in [-0.15, -0.1) is 0 Å². The molecule has 0 saturated carbocycles. The first kappa shape index (κ1) is 17.6. The predicted octanol–water partition coefficient (Wildman–Crippen LogP) is 2.54. The Morgan fingerprint density at radius 1 is 1.37 bits per heavy atom. The van der Waals surface area contributed by atoms with Gasteiger partial charge < -0.3 is 10.1 Å². The average Bonchev–Trinajstić information content (AvgIpc) is 2.38. The van der Waals surface area contributed by atoms with Crippen LogP contribution in [-0.2, 0) is 9.53 Å². The van der Waals surface area contributed by atoms with Crippen molar-refractivity contribution in [2.24, 2.45) is 0 Å². The van der Waals surface area contributed by atoms with E-state index in [0.717, 1.165) is 17.8 Å². The van der Waals surface area contributed by atoms with Crippen molar-refractivity contribution in [2.45, 2.75) is 20.8 Å². The summed E-state index contributed by atoms with van der Waals surface area (Å²) in [4.78, 5) is 13.6. The molecule has 0 aliphatic carbocycles. The van der Waals surface area contributed by atoms with Gasteiger partial charge in [0.1, 0.15) is 0 Å². The number of hydrogen-bond donors (Lipinski definition) is 1. The number of nitrogens with zero attached hydrogens (tertiary/aromatic N) is 1. The van der Waals surface area contributed by atoms with Gasteiger partial charge in [-0.1, -0.05) is 26.0 Å². The Hall–Kier alpha value is -1.39. The molecule has 0 radical (unpaired) electrons. The van der Waals surface area contributed by atoms with Crippen molar-refractivity contribution >= 4 is 11.6 Å². The minimum absolute atomic E-state index is 0.00537. The van der Waals surface area contributed by atoms with Crippen LogP contribution < -0.4 is 5.32 Å². The molecule has 0 saturated heterocycles. The quantitative estimate of drug-likeness (QED) is 0.860. The van der Waals surface area contributed by atoms with E-state index in [2.05, 4.69) is 5.32 Å². The number of carbonyl (C=O) groups excluding carboxylic acids is 1. The molecular weight excluding hydrogens is 240 g/mol. The molecule has 4 heteroatoms. The number of nitrogens with one attached hydrogen (secondary N) is 1. The Morgan fingerprint density at radius 2 is 2.05 bits per heavy atom.